The number of hydrogen-bond acceptors (Lipinski definition) is 8. The number of pyridine rings is 1. The second-order valence-corrected chi connectivity index (χ2v) is 7.87. The summed E-state index contributed by atoms with van der Waals surface area (Å²) in [5.74, 6) is -2.29. The van der Waals surface area contributed by atoms with Gasteiger partial charge in [-0.2, -0.15) is 13.2 Å². The number of nitrogens with one attached hydrogen (secondary N) is 1. The van der Waals surface area contributed by atoms with E-state index >= 15 is 0 Å². The monoisotopic (exact) mass is 535 g/mol. The predicted octanol–water partition coefficient (Wildman–Crippen LogP) is 3.98. The largest absolute Gasteiger partial charge is 0.450 e. The second-order valence-electron chi connectivity index (χ2n) is 7.06. The number of aliphatic imine (C=N–C) groups is 1. The SMILES string of the molecule is NC(=O)C(N)=C(C=Nc1c(Cl)cccc1Cl)Nc1ccc(-c2nnc3ccnc(C(F)(F)F)n23)nc1. The summed E-state index contributed by atoms with van der Waals surface area (Å²) >= 11 is 12.2. The molecule has 4 aromatic rings. The highest BCUT2D eigenvalue weighted by molar-refractivity contribution is 6.38. The molecule has 1 amide bonds. The smallest absolute Gasteiger partial charge is 0.393 e. The Morgan fingerprint density at radius 2 is 1.78 bits per heavy atom. The molecule has 0 unspecified atom stereocenters. The summed E-state index contributed by atoms with van der Waals surface area (Å²) in [6, 6.07) is 8.94. The fourth-order valence-corrected chi connectivity index (χ4v) is 3.51. The maximum absolute atomic E-state index is 13.4. The number of para-hydroxylation sites is 1. The van der Waals surface area contributed by atoms with Gasteiger partial charge in [0.05, 0.1) is 33.8 Å². The molecule has 0 fully saturated rings. The van der Waals surface area contributed by atoms with Gasteiger partial charge in [0.15, 0.2) is 11.5 Å². The molecule has 15 heteroatoms. The zero-order valence-corrected chi connectivity index (χ0v) is 19.3. The topological polar surface area (TPSA) is 149 Å². The van der Waals surface area contributed by atoms with Gasteiger partial charge in [-0.05, 0) is 24.3 Å². The van der Waals surface area contributed by atoms with Gasteiger partial charge < -0.3 is 16.8 Å². The summed E-state index contributed by atoms with van der Waals surface area (Å²) in [4.78, 5) is 23.4. The Labute approximate surface area is 210 Å². The fourth-order valence-electron chi connectivity index (χ4n) is 3.01. The lowest BCUT2D eigenvalue weighted by Crippen LogP contribution is -2.25. The van der Waals surface area contributed by atoms with Crippen molar-refractivity contribution >= 4 is 52.3 Å². The number of anilines is 1. The number of benzene rings is 1. The van der Waals surface area contributed by atoms with Gasteiger partial charge >= 0.3 is 6.18 Å². The number of hydrogen-bond donors (Lipinski definition) is 3. The van der Waals surface area contributed by atoms with Crippen LogP contribution in [0.5, 0.6) is 0 Å². The average Bonchev–Trinajstić information content (AvgIpc) is 3.26. The zero-order chi connectivity index (χ0) is 26.0. The molecular weight excluding hydrogens is 522 g/mol. The maximum atomic E-state index is 13.4. The number of allylic oxidation sites excluding steroid dienone is 1. The number of carbonyl (C=O) groups excluding carboxylic acids is 1. The number of fused-ring (bicyclic) bond motifs is 1. The van der Waals surface area contributed by atoms with E-state index in [1.165, 1.54) is 30.6 Å². The zero-order valence-electron chi connectivity index (χ0n) is 17.8. The van der Waals surface area contributed by atoms with Crippen LogP contribution in [0, 0.1) is 0 Å². The van der Waals surface area contributed by atoms with Crippen molar-refractivity contribution in [1.82, 2.24) is 24.6 Å². The van der Waals surface area contributed by atoms with Gasteiger partial charge in [-0.15, -0.1) is 10.2 Å². The van der Waals surface area contributed by atoms with E-state index in [0.29, 0.717) is 5.69 Å². The summed E-state index contributed by atoms with van der Waals surface area (Å²) in [7, 11) is 0. The summed E-state index contributed by atoms with van der Waals surface area (Å²) in [5.41, 5.74) is 11.3. The normalized spacial score (nSPS) is 12.7. The number of rotatable bonds is 6. The lowest BCUT2D eigenvalue weighted by molar-refractivity contribution is -0.145. The first kappa shape index (κ1) is 24.9. The molecule has 10 nitrogen and oxygen atoms in total. The molecule has 0 saturated carbocycles. The van der Waals surface area contributed by atoms with Crippen molar-refractivity contribution in [2.45, 2.75) is 6.18 Å². The lowest BCUT2D eigenvalue weighted by Gasteiger charge is -2.11. The first-order valence-electron chi connectivity index (χ1n) is 9.84. The third-order valence-electron chi connectivity index (χ3n) is 4.66. The Hall–Kier alpha value is -4.23. The molecule has 5 N–H and O–H groups in total. The molecule has 0 bridgehead atoms. The minimum Gasteiger partial charge on any atom is -0.393 e. The van der Waals surface area contributed by atoms with Crippen molar-refractivity contribution in [2.24, 2.45) is 16.5 Å². The van der Waals surface area contributed by atoms with E-state index in [4.69, 9.17) is 34.7 Å². The fraction of sp³-hybridized carbons (Fsp3) is 0.0476. The molecule has 1 aromatic carbocycles. The highest BCUT2D eigenvalue weighted by Crippen LogP contribution is 2.33. The molecule has 0 aliphatic heterocycles. The van der Waals surface area contributed by atoms with Crippen LogP contribution in [0.25, 0.3) is 17.2 Å². The van der Waals surface area contributed by atoms with Crippen molar-refractivity contribution in [3.63, 3.8) is 0 Å². The third kappa shape index (κ3) is 5.06. The molecule has 0 atom stereocenters. The number of primary amides is 1. The summed E-state index contributed by atoms with van der Waals surface area (Å²) in [6.45, 7) is 0. The molecule has 0 spiro atoms. The van der Waals surface area contributed by atoms with E-state index in [0.717, 1.165) is 10.6 Å². The van der Waals surface area contributed by atoms with E-state index in [2.05, 4.69) is 30.5 Å². The quantitative estimate of drug-likeness (QED) is 0.249. The molecule has 3 aromatic heterocycles. The molecule has 4 rings (SSSR count). The molecule has 0 aliphatic carbocycles. The minimum absolute atomic E-state index is 0.00419. The predicted molar refractivity (Wildman–Crippen MR) is 128 cm³/mol. The Balaban J connectivity index is 1.67. The number of carbonyl (C=O) groups is 1. The Kier molecular flexibility index (Phi) is 6.77. The van der Waals surface area contributed by atoms with Crippen molar-refractivity contribution in [2.75, 3.05) is 5.32 Å². The van der Waals surface area contributed by atoms with Crippen LogP contribution in [-0.4, -0.2) is 36.7 Å². The van der Waals surface area contributed by atoms with Crippen molar-refractivity contribution in [3.8, 4) is 11.5 Å². The van der Waals surface area contributed by atoms with Crippen LogP contribution in [0.3, 0.4) is 0 Å². The lowest BCUT2D eigenvalue weighted by atomic mass is 10.2. The third-order valence-corrected chi connectivity index (χ3v) is 5.27. The summed E-state index contributed by atoms with van der Waals surface area (Å²) < 4.78 is 41.1. The first-order chi connectivity index (χ1) is 17.1. The van der Waals surface area contributed by atoms with Crippen LogP contribution < -0.4 is 16.8 Å². The Morgan fingerprint density at radius 1 is 1.06 bits per heavy atom. The van der Waals surface area contributed by atoms with Gasteiger partial charge in [0.2, 0.25) is 5.82 Å². The van der Waals surface area contributed by atoms with E-state index < -0.39 is 17.9 Å². The van der Waals surface area contributed by atoms with Crippen LogP contribution >= 0.6 is 23.2 Å². The van der Waals surface area contributed by atoms with Gasteiger partial charge in [-0.1, -0.05) is 29.3 Å². The summed E-state index contributed by atoms with van der Waals surface area (Å²) in [6.07, 6.45) is -1.27. The van der Waals surface area contributed by atoms with Gasteiger partial charge in [0.1, 0.15) is 17.1 Å². The number of aromatic nitrogens is 5. The second kappa shape index (κ2) is 9.79. The van der Waals surface area contributed by atoms with Gasteiger partial charge in [-0.25, -0.2) is 4.98 Å². The van der Waals surface area contributed by atoms with Crippen molar-refractivity contribution < 1.29 is 18.0 Å². The number of amides is 1. The maximum Gasteiger partial charge on any atom is 0.450 e. The highest BCUT2D eigenvalue weighted by atomic mass is 35.5. The highest BCUT2D eigenvalue weighted by Gasteiger charge is 2.37. The average molecular weight is 536 g/mol. The molecular formula is C21H14Cl2F3N9O. The number of nitrogens with two attached hydrogens (primary N) is 2. The number of alkyl halides is 3. The summed E-state index contributed by atoms with van der Waals surface area (Å²) in [5, 5.41) is 10.9. The van der Waals surface area contributed by atoms with E-state index in [1.54, 1.807) is 18.2 Å². The van der Waals surface area contributed by atoms with Gasteiger partial charge in [0.25, 0.3) is 5.91 Å². The standard InChI is InChI=1S/C21H14Cl2F3N9O/c22-11-2-1-3-12(23)17(11)31-9-14(16(27)18(28)36)32-10-4-5-13(30-8-10)19-34-33-15-6-7-29-20(35(15)19)21(24,25)26/h1-9,32H,27H2,(H2,28,36). The Bertz CT molecular complexity index is 1500. The molecule has 0 radical (unpaired) electrons. The molecule has 36 heavy (non-hydrogen) atoms. The van der Waals surface area contributed by atoms with Gasteiger partial charge in [-0.3, -0.25) is 19.2 Å². The van der Waals surface area contributed by atoms with Crippen LogP contribution in [-0.2, 0) is 11.0 Å². The van der Waals surface area contributed by atoms with E-state index in [1.807, 2.05) is 0 Å². The Morgan fingerprint density at radius 3 is 2.39 bits per heavy atom. The minimum atomic E-state index is -4.74. The van der Waals surface area contributed by atoms with Crippen molar-refractivity contribution in [3.05, 3.63) is 76.1 Å². The van der Waals surface area contributed by atoms with Crippen LogP contribution in [0.15, 0.2) is 65.2 Å². The van der Waals surface area contributed by atoms with Crippen LogP contribution in [0.1, 0.15) is 5.82 Å². The molecule has 0 saturated heterocycles. The van der Waals surface area contributed by atoms with E-state index in [-0.39, 0.29) is 44.3 Å². The number of nitrogens with zero attached hydrogens (tertiary/aromatic N) is 6. The van der Waals surface area contributed by atoms with Gasteiger partial charge in [0, 0.05) is 12.3 Å². The molecule has 0 aliphatic rings. The molecule has 184 valence electrons. The first-order valence-corrected chi connectivity index (χ1v) is 10.6. The number of halogens is 5. The van der Waals surface area contributed by atoms with Crippen LogP contribution in [0.2, 0.25) is 10.0 Å². The van der Waals surface area contributed by atoms with Crippen molar-refractivity contribution in [1.29, 1.82) is 0 Å². The van der Waals surface area contributed by atoms with Crippen LogP contribution in [0.4, 0.5) is 24.5 Å². The molecule has 3 heterocycles. The van der Waals surface area contributed by atoms with E-state index in [9.17, 15) is 18.0 Å².